The third-order valence-corrected chi connectivity index (χ3v) is 4.87. The summed E-state index contributed by atoms with van der Waals surface area (Å²) >= 11 is 5.84. The smallest absolute Gasteiger partial charge is 0.238 e. The van der Waals surface area contributed by atoms with Gasteiger partial charge in [-0.05, 0) is 62.3 Å². The fourth-order valence-electron chi connectivity index (χ4n) is 3.10. The van der Waals surface area contributed by atoms with Crippen LogP contribution in [0.5, 0.6) is 5.75 Å². The zero-order valence-corrected chi connectivity index (χ0v) is 15.6. The van der Waals surface area contributed by atoms with Gasteiger partial charge in [0, 0.05) is 16.6 Å². The predicted molar refractivity (Wildman–Crippen MR) is 106 cm³/mol. The number of anilines is 2. The van der Waals surface area contributed by atoms with Gasteiger partial charge in [-0.25, -0.2) is 0 Å². The molecule has 0 saturated carbocycles. The monoisotopic (exact) mass is 387 g/mol. The van der Waals surface area contributed by atoms with E-state index < -0.39 is 0 Å². The van der Waals surface area contributed by atoms with Gasteiger partial charge in [-0.2, -0.15) is 0 Å². The molecule has 0 unspecified atom stereocenters. The van der Waals surface area contributed by atoms with Gasteiger partial charge in [-0.1, -0.05) is 23.7 Å². The number of likely N-dealkylation sites (tertiary alicyclic amines) is 1. The standard InChI is InChI=1S/C20H22ClN3O3/c21-15-5-7-16(8-6-15)22-19(26)13-24-11-9-14(10-12-24)20(27)23-17-3-1-2-4-18(17)25/h1-8,14,25H,9-13H2,(H,22,26)(H,23,27). The summed E-state index contributed by atoms with van der Waals surface area (Å²) in [6, 6.07) is 13.7. The third-order valence-electron chi connectivity index (χ3n) is 4.62. The number of hydrogen-bond donors (Lipinski definition) is 3. The maximum atomic E-state index is 12.4. The molecule has 0 atom stereocenters. The van der Waals surface area contributed by atoms with Gasteiger partial charge < -0.3 is 15.7 Å². The van der Waals surface area contributed by atoms with Crippen LogP contribution in [-0.2, 0) is 9.59 Å². The Bertz CT molecular complexity index is 802. The number of rotatable bonds is 5. The molecule has 1 fully saturated rings. The molecule has 1 aliphatic heterocycles. The molecule has 0 aromatic heterocycles. The second-order valence-corrected chi connectivity index (χ2v) is 7.05. The Morgan fingerprint density at radius 2 is 1.70 bits per heavy atom. The van der Waals surface area contributed by atoms with Crippen LogP contribution in [0.3, 0.4) is 0 Å². The number of nitrogens with one attached hydrogen (secondary N) is 2. The van der Waals surface area contributed by atoms with Crippen molar-refractivity contribution in [3.05, 3.63) is 53.6 Å². The first-order valence-corrected chi connectivity index (χ1v) is 9.25. The normalized spacial score (nSPS) is 15.3. The lowest BCUT2D eigenvalue weighted by molar-refractivity contribution is -0.121. The topological polar surface area (TPSA) is 81.7 Å². The van der Waals surface area contributed by atoms with E-state index in [-0.39, 0.29) is 30.0 Å². The molecule has 7 heteroatoms. The Kier molecular flexibility index (Phi) is 6.32. The van der Waals surface area contributed by atoms with E-state index in [1.165, 1.54) is 6.07 Å². The van der Waals surface area contributed by atoms with Gasteiger partial charge in [-0.3, -0.25) is 14.5 Å². The Balaban J connectivity index is 1.44. The van der Waals surface area contributed by atoms with Crippen molar-refractivity contribution < 1.29 is 14.7 Å². The zero-order chi connectivity index (χ0) is 19.2. The average molecular weight is 388 g/mol. The molecular formula is C20H22ClN3O3. The van der Waals surface area contributed by atoms with Crippen molar-refractivity contribution in [3.63, 3.8) is 0 Å². The molecule has 0 spiro atoms. The molecule has 2 amide bonds. The minimum absolute atomic E-state index is 0.0576. The van der Waals surface area contributed by atoms with Crippen LogP contribution in [-0.4, -0.2) is 41.5 Å². The van der Waals surface area contributed by atoms with Crippen molar-refractivity contribution in [1.29, 1.82) is 0 Å². The molecule has 2 aromatic rings. The zero-order valence-electron chi connectivity index (χ0n) is 14.8. The number of nitrogens with zero attached hydrogens (tertiary/aromatic N) is 1. The molecular weight excluding hydrogens is 366 g/mol. The Hall–Kier alpha value is -2.57. The second-order valence-electron chi connectivity index (χ2n) is 6.61. The van der Waals surface area contributed by atoms with Gasteiger partial charge in [0.05, 0.1) is 12.2 Å². The van der Waals surface area contributed by atoms with E-state index in [1.807, 2.05) is 4.90 Å². The van der Waals surface area contributed by atoms with Gasteiger partial charge in [-0.15, -0.1) is 0 Å². The van der Waals surface area contributed by atoms with Crippen LogP contribution in [0.25, 0.3) is 0 Å². The highest BCUT2D eigenvalue weighted by Gasteiger charge is 2.26. The van der Waals surface area contributed by atoms with Gasteiger partial charge in [0.2, 0.25) is 11.8 Å². The average Bonchev–Trinajstić information content (AvgIpc) is 2.66. The molecule has 3 N–H and O–H groups in total. The Morgan fingerprint density at radius 3 is 2.37 bits per heavy atom. The van der Waals surface area contributed by atoms with Crippen LogP contribution in [0.4, 0.5) is 11.4 Å². The van der Waals surface area contributed by atoms with Crippen LogP contribution in [0.2, 0.25) is 5.02 Å². The van der Waals surface area contributed by atoms with Gasteiger partial charge in [0.15, 0.2) is 0 Å². The molecule has 2 aromatic carbocycles. The Morgan fingerprint density at radius 1 is 1.04 bits per heavy atom. The van der Waals surface area contributed by atoms with Crippen molar-refractivity contribution in [2.75, 3.05) is 30.3 Å². The number of hydrogen-bond acceptors (Lipinski definition) is 4. The molecule has 0 radical (unpaired) electrons. The minimum atomic E-state index is -0.125. The summed E-state index contributed by atoms with van der Waals surface area (Å²) in [6.45, 7) is 1.64. The van der Waals surface area contributed by atoms with Gasteiger partial charge in [0.1, 0.15) is 5.75 Å². The van der Waals surface area contributed by atoms with Crippen LogP contribution >= 0.6 is 11.6 Å². The van der Waals surface area contributed by atoms with Crippen molar-refractivity contribution >= 4 is 34.8 Å². The molecule has 3 rings (SSSR count). The van der Waals surface area contributed by atoms with Crippen LogP contribution < -0.4 is 10.6 Å². The maximum Gasteiger partial charge on any atom is 0.238 e. The number of para-hydroxylation sites is 2. The van der Waals surface area contributed by atoms with E-state index in [0.29, 0.717) is 42.3 Å². The summed E-state index contributed by atoms with van der Waals surface area (Å²) in [7, 11) is 0. The number of aromatic hydroxyl groups is 1. The number of piperidine rings is 1. The fourth-order valence-corrected chi connectivity index (χ4v) is 3.23. The maximum absolute atomic E-state index is 12.4. The number of amides is 2. The van der Waals surface area contributed by atoms with E-state index in [1.54, 1.807) is 42.5 Å². The van der Waals surface area contributed by atoms with E-state index in [4.69, 9.17) is 11.6 Å². The summed E-state index contributed by atoms with van der Waals surface area (Å²) in [5.41, 5.74) is 1.13. The predicted octanol–water partition coefficient (Wildman–Crippen LogP) is 3.33. The summed E-state index contributed by atoms with van der Waals surface area (Å²) in [6.07, 6.45) is 1.35. The number of benzene rings is 2. The minimum Gasteiger partial charge on any atom is -0.506 e. The van der Waals surface area contributed by atoms with Crippen molar-refractivity contribution in [3.8, 4) is 5.75 Å². The molecule has 1 aliphatic rings. The van der Waals surface area contributed by atoms with Crippen molar-refractivity contribution in [1.82, 2.24) is 4.90 Å². The highest BCUT2D eigenvalue weighted by Crippen LogP contribution is 2.24. The largest absolute Gasteiger partial charge is 0.506 e. The molecule has 27 heavy (non-hydrogen) atoms. The molecule has 0 aliphatic carbocycles. The number of phenolic OH excluding ortho intramolecular Hbond substituents is 1. The highest BCUT2D eigenvalue weighted by atomic mass is 35.5. The summed E-state index contributed by atoms with van der Waals surface area (Å²) < 4.78 is 0. The summed E-state index contributed by atoms with van der Waals surface area (Å²) in [5, 5.41) is 16.0. The van der Waals surface area contributed by atoms with Gasteiger partial charge >= 0.3 is 0 Å². The fraction of sp³-hybridized carbons (Fsp3) is 0.300. The summed E-state index contributed by atoms with van der Waals surface area (Å²) in [5.74, 6) is -0.251. The van der Waals surface area contributed by atoms with E-state index in [9.17, 15) is 14.7 Å². The van der Waals surface area contributed by atoms with Crippen LogP contribution in [0.1, 0.15) is 12.8 Å². The molecule has 1 heterocycles. The number of carbonyl (C=O) groups excluding carboxylic acids is 2. The summed E-state index contributed by atoms with van der Waals surface area (Å²) in [4.78, 5) is 26.6. The van der Waals surface area contributed by atoms with Crippen LogP contribution in [0, 0.1) is 5.92 Å². The second kappa shape index (κ2) is 8.88. The lowest BCUT2D eigenvalue weighted by atomic mass is 9.95. The lowest BCUT2D eigenvalue weighted by Gasteiger charge is -2.30. The highest BCUT2D eigenvalue weighted by molar-refractivity contribution is 6.30. The molecule has 6 nitrogen and oxygen atoms in total. The first-order chi connectivity index (χ1) is 13.0. The quantitative estimate of drug-likeness (QED) is 0.687. The van der Waals surface area contributed by atoms with Crippen molar-refractivity contribution in [2.24, 2.45) is 5.92 Å². The first-order valence-electron chi connectivity index (χ1n) is 8.88. The molecule has 142 valence electrons. The Labute approximate surface area is 163 Å². The van der Waals surface area contributed by atoms with E-state index in [0.717, 1.165) is 0 Å². The first kappa shape index (κ1) is 19.2. The number of halogens is 1. The van der Waals surface area contributed by atoms with Crippen LogP contribution in [0.15, 0.2) is 48.5 Å². The van der Waals surface area contributed by atoms with Crippen molar-refractivity contribution in [2.45, 2.75) is 12.8 Å². The number of carbonyl (C=O) groups is 2. The van der Waals surface area contributed by atoms with Gasteiger partial charge in [0.25, 0.3) is 0 Å². The SMILES string of the molecule is O=C(CN1CCC(C(=O)Nc2ccccc2O)CC1)Nc1ccc(Cl)cc1. The molecule has 1 saturated heterocycles. The third kappa shape index (κ3) is 5.45. The van der Waals surface area contributed by atoms with E-state index >= 15 is 0 Å². The van der Waals surface area contributed by atoms with E-state index in [2.05, 4.69) is 10.6 Å². The number of phenols is 1. The lowest BCUT2D eigenvalue weighted by Crippen LogP contribution is -2.41. The molecule has 0 bridgehead atoms.